The lowest BCUT2D eigenvalue weighted by Crippen LogP contribution is -2.03. The molecule has 0 atom stereocenters. The molecule has 5 nitrogen and oxygen atoms in total. The van der Waals surface area contributed by atoms with E-state index < -0.39 is 5.97 Å². The van der Waals surface area contributed by atoms with Crippen LogP contribution in [0.15, 0.2) is 4.52 Å². The molecular weight excluding hydrogens is 244 g/mol. The van der Waals surface area contributed by atoms with E-state index in [9.17, 15) is 9.90 Å². The van der Waals surface area contributed by atoms with Gasteiger partial charge < -0.3 is 9.63 Å². The molecule has 0 spiro atoms. The van der Waals surface area contributed by atoms with Gasteiger partial charge in [-0.3, -0.25) is 0 Å². The number of hydrogen-bond donors (Lipinski definition) is 1. The molecule has 0 bridgehead atoms. The maximum atomic E-state index is 11.3. The molecule has 17 heavy (non-hydrogen) atoms. The molecule has 0 saturated heterocycles. The number of hydrogen-bond acceptors (Lipinski definition) is 4. The fraction of sp³-hybridized carbons (Fsp3) is 0.364. The quantitative estimate of drug-likeness (QED) is 0.889. The number of pyridine rings is 1. The minimum Gasteiger partial charge on any atom is -0.478 e. The maximum absolute atomic E-state index is 11.3. The highest BCUT2D eigenvalue weighted by molar-refractivity contribution is 6.35. The summed E-state index contributed by atoms with van der Waals surface area (Å²) in [5.41, 5.74) is 1.42. The topological polar surface area (TPSA) is 76.2 Å². The molecule has 0 aliphatic heterocycles. The van der Waals surface area contributed by atoms with Crippen molar-refractivity contribution >= 4 is 28.7 Å². The molecule has 1 N–H and O–H groups in total. The van der Waals surface area contributed by atoms with Crippen LogP contribution in [-0.2, 0) is 0 Å². The molecule has 1 aliphatic rings. The summed E-state index contributed by atoms with van der Waals surface area (Å²) in [4.78, 5) is 15.6. The SMILES string of the molecule is Cc1noc2nc(C3CC3)c(Cl)c(C(=O)O)c12. The number of halogens is 1. The van der Waals surface area contributed by atoms with Crippen LogP contribution in [-0.4, -0.2) is 21.2 Å². The Hall–Kier alpha value is -1.62. The van der Waals surface area contributed by atoms with Gasteiger partial charge in [0, 0.05) is 5.92 Å². The number of carbonyl (C=O) groups is 1. The molecule has 1 fully saturated rings. The molecular formula is C11H9ClN2O3. The van der Waals surface area contributed by atoms with Gasteiger partial charge in [0.25, 0.3) is 5.71 Å². The van der Waals surface area contributed by atoms with E-state index in [0.29, 0.717) is 16.8 Å². The van der Waals surface area contributed by atoms with Crippen molar-refractivity contribution in [3.05, 3.63) is 22.0 Å². The standard InChI is InChI=1S/C11H9ClN2O3/c1-4-6-7(11(15)16)8(12)9(5-2-3-5)13-10(6)17-14-4/h5H,2-3H2,1H3,(H,15,16). The van der Waals surface area contributed by atoms with E-state index in [0.717, 1.165) is 12.8 Å². The molecule has 2 heterocycles. The summed E-state index contributed by atoms with van der Waals surface area (Å²) in [5.74, 6) is -0.814. The van der Waals surface area contributed by atoms with Crippen molar-refractivity contribution in [3.63, 3.8) is 0 Å². The van der Waals surface area contributed by atoms with Crippen LogP contribution < -0.4 is 0 Å². The maximum Gasteiger partial charge on any atom is 0.338 e. The first kappa shape index (κ1) is 10.5. The van der Waals surface area contributed by atoms with Crippen molar-refractivity contribution in [1.82, 2.24) is 10.1 Å². The molecule has 0 radical (unpaired) electrons. The minimum absolute atomic E-state index is 0.0531. The van der Waals surface area contributed by atoms with Gasteiger partial charge in [0.1, 0.15) is 0 Å². The Labute approximate surface area is 101 Å². The van der Waals surface area contributed by atoms with Crippen molar-refractivity contribution in [2.24, 2.45) is 0 Å². The van der Waals surface area contributed by atoms with Crippen LogP contribution in [0, 0.1) is 6.92 Å². The summed E-state index contributed by atoms with van der Waals surface area (Å²) < 4.78 is 5.03. The van der Waals surface area contributed by atoms with Crippen LogP contribution in [0.5, 0.6) is 0 Å². The molecule has 0 amide bonds. The fourth-order valence-corrected chi connectivity index (χ4v) is 2.32. The average molecular weight is 253 g/mol. The van der Waals surface area contributed by atoms with E-state index in [1.165, 1.54) is 0 Å². The molecule has 2 aromatic rings. The summed E-state index contributed by atoms with van der Waals surface area (Å²) >= 11 is 6.13. The van der Waals surface area contributed by atoms with Crippen molar-refractivity contribution in [2.75, 3.05) is 0 Å². The van der Waals surface area contributed by atoms with Crippen LogP contribution in [0.25, 0.3) is 11.1 Å². The van der Waals surface area contributed by atoms with Crippen molar-refractivity contribution < 1.29 is 14.4 Å². The second-order valence-corrected chi connectivity index (χ2v) is 4.59. The van der Waals surface area contributed by atoms with E-state index in [4.69, 9.17) is 16.1 Å². The first-order valence-electron chi connectivity index (χ1n) is 5.28. The van der Waals surface area contributed by atoms with Gasteiger partial charge in [0.15, 0.2) is 0 Å². The third kappa shape index (κ3) is 1.50. The fourth-order valence-electron chi connectivity index (χ4n) is 1.95. The van der Waals surface area contributed by atoms with Gasteiger partial charge >= 0.3 is 5.97 Å². The number of fused-ring (bicyclic) bond motifs is 1. The average Bonchev–Trinajstić information content (AvgIpc) is 3.04. The second kappa shape index (κ2) is 3.43. The van der Waals surface area contributed by atoms with Gasteiger partial charge in [0.2, 0.25) is 0 Å². The van der Waals surface area contributed by atoms with E-state index >= 15 is 0 Å². The zero-order chi connectivity index (χ0) is 12.2. The third-order valence-electron chi connectivity index (χ3n) is 2.94. The normalized spacial score (nSPS) is 15.4. The summed E-state index contributed by atoms with van der Waals surface area (Å²) in [7, 11) is 0. The zero-order valence-electron chi connectivity index (χ0n) is 9.03. The predicted molar refractivity (Wildman–Crippen MR) is 60.5 cm³/mol. The van der Waals surface area contributed by atoms with Gasteiger partial charge in [0.05, 0.1) is 27.4 Å². The molecule has 1 aliphatic carbocycles. The van der Waals surface area contributed by atoms with Crippen molar-refractivity contribution in [3.8, 4) is 0 Å². The number of carboxylic acids is 1. The number of rotatable bonds is 2. The van der Waals surface area contributed by atoms with Crippen molar-refractivity contribution in [1.29, 1.82) is 0 Å². The molecule has 0 unspecified atom stereocenters. The summed E-state index contributed by atoms with van der Waals surface area (Å²) in [6.07, 6.45) is 1.98. The van der Waals surface area contributed by atoms with Gasteiger partial charge in [-0.15, -0.1) is 0 Å². The Morgan fingerprint density at radius 2 is 2.24 bits per heavy atom. The lowest BCUT2D eigenvalue weighted by atomic mass is 10.1. The first-order valence-corrected chi connectivity index (χ1v) is 5.66. The lowest BCUT2D eigenvalue weighted by molar-refractivity contribution is 0.0699. The molecule has 6 heteroatoms. The van der Waals surface area contributed by atoms with Crippen LogP contribution >= 0.6 is 11.6 Å². The second-order valence-electron chi connectivity index (χ2n) is 4.21. The lowest BCUT2D eigenvalue weighted by Gasteiger charge is -2.05. The Morgan fingerprint density at radius 3 is 2.82 bits per heavy atom. The highest BCUT2D eigenvalue weighted by Crippen LogP contribution is 2.44. The minimum atomic E-state index is -1.07. The predicted octanol–water partition coefficient (Wildman–Crippen LogP) is 2.76. The van der Waals surface area contributed by atoms with Crippen LogP contribution in [0.2, 0.25) is 5.02 Å². The number of aromatic nitrogens is 2. The van der Waals surface area contributed by atoms with Gasteiger partial charge in [-0.2, -0.15) is 0 Å². The third-order valence-corrected chi connectivity index (χ3v) is 3.32. The van der Waals surface area contributed by atoms with Gasteiger partial charge in [-0.1, -0.05) is 16.8 Å². The zero-order valence-corrected chi connectivity index (χ0v) is 9.78. The van der Waals surface area contributed by atoms with Gasteiger partial charge in [-0.25, -0.2) is 9.78 Å². The first-order chi connectivity index (χ1) is 8.09. The Bertz CT molecular complexity index is 631. The highest BCUT2D eigenvalue weighted by atomic mass is 35.5. The molecule has 1 saturated carbocycles. The smallest absolute Gasteiger partial charge is 0.338 e. The molecule has 2 aromatic heterocycles. The Kier molecular flexibility index (Phi) is 2.13. The number of aryl methyl sites for hydroxylation is 1. The summed E-state index contributed by atoms with van der Waals surface area (Å²) in [6.45, 7) is 1.67. The van der Waals surface area contributed by atoms with E-state index in [1.807, 2.05) is 0 Å². The summed E-state index contributed by atoms with van der Waals surface area (Å²) in [5, 5.41) is 13.6. The largest absolute Gasteiger partial charge is 0.478 e. The highest BCUT2D eigenvalue weighted by Gasteiger charge is 2.32. The van der Waals surface area contributed by atoms with Crippen LogP contribution in [0.3, 0.4) is 0 Å². The number of nitrogens with zero attached hydrogens (tertiary/aromatic N) is 2. The Morgan fingerprint density at radius 1 is 1.53 bits per heavy atom. The van der Waals surface area contributed by atoms with E-state index in [-0.39, 0.29) is 22.2 Å². The number of carboxylic acid groups (broad SMARTS) is 1. The molecule has 0 aromatic carbocycles. The number of aromatic carboxylic acids is 1. The Balaban J connectivity index is 2.40. The summed E-state index contributed by atoms with van der Waals surface area (Å²) in [6, 6.07) is 0. The van der Waals surface area contributed by atoms with E-state index in [1.54, 1.807) is 6.92 Å². The van der Waals surface area contributed by atoms with Crippen LogP contribution in [0.4, 0.5) is 0 Å². The molecule has 88 valence electrons. The van der Waals surface area contributed by atoms with Crippen molar-refractivity contribution in [2.45, 2.75) is 25.7 Å². The van der Waals surface area contributed by atoms with E-state index in [2.05, 4.69) is 10.1 Å². The van der Waals surface area contributed by atoms with Gasteiger partial charge in [-0.05, 0) is 19.8 Å². The van der Waals surface area contributed by atoms with Crippen LogP contribution in [0.1, 0.15) is 40.5 Å². The molecule has 3 rings (SSSR count). The monoisotopic (exact) mass is 252 g/mol.